The van der Waals surface area contributed by atoms with E-state index in [1.165, 1.54) is 0 Å². The van der Waals surface area contributed by atoms with E-state index in [4.69, 9.17) is 18.2 Å². The number of aromatic nitrogens is 2. The maximum absolute atomic E-state index is 7.16. The first-order valence-corrected chi connectivity index (χ1v) is 7.48. The Morgan fingerprint density at radius 3 is 2.57 bits per heavy atom. The van der Waals surface area contributed by atoms with Gasteiger partial charge in [-0.25, -0.2) is 4.85 Å². The fraction of sp³-hybridized carbons (Fsp3) is 0.111. The molecule has 0 aliphatic heterocycles. The Hall–Kier alpha value is -2.77. The molecule has 3 aromatic rings. The van der Waals surface area contributed by atoms with Gasteiger partial charge in [0.15, 0.2) is 5.69 Å². The predicted molar refractivity (Wildman–Crippen MR) is 94.4 cm³/mol. The molecule has 0 saturated heterocycles. The van der Waals surface area contributed by atoms with E-state index in [1.54, 1.807) is 18.2 Å². The summed E-state index contributed by atoms with van der Waals surface area (Å²) < 4.78 is 1.81. The van der Waals surface area contributed by atoms with E-state index in [2.05, 4.69) is 9.94 Å². The molecule has 0 spiro atoms. The second-order valence-electron chi connectivity index (χ2n) is 5.18. The lowest BCUT2D eigenvalue weighted by Gasteiger charge is -2.20. The van der Waals surface area contributed by atoms with Crippen LogP contribution in [0.15, 0.2) is 54.6 Å². The van der Waals surface area contributed by atoms with Gasteiger partial charge in [-0.15, -0.1) is 0 Å². The monoisotopic (exact) mass is 322 g/mol. The molecule has 0 amide bonds. The molecule has 3 rings (SSSR count). The zero-order chi connectivity index (χ0) is 16.4. The summed E-state index contributed by atoms with van der Waals surface area (Å²) in [6, 6.07) is 17.3. The van der Waals surface area contributed by atoms with Gasteiger partial charge in [-0.3, -0.25) is 4.68 Å². The van der Waals surface area contributed by atoms with Gasteiger partial charge < -0.3 is 4.90 Å². The number of nitrogens with zero attached hydrogens (tertiary/aromatic N) is 4. The summed E-state index contributed by atoms with van der Waals surface area (Å²) in [5.41, 5.74) is 3.29. The van der Waals surface area contributed by atoms with E-state index in [-0.39, 0.29) is 0 Å². The minimum atomic E-state index is 0.557. The van der Waals surface area contributed by atoms with E-state index >= 15 is 0 Å². The molecule has 0 saturated carbocycles. The average molecular weight is 323 g/mol. The van der Waals surface area contributed by atoms with Gasteiger partial charge in [-0.05, 0) is 6.07 Å². The van der Waals surface area contributed by atoms with Crippen molar-refractivity contribution in [1.82, 2.24) is 9.78 Å². The van der Waals surface area contributed by atoms with E-state index in [9.17, 15) is 0 Å². The van der Waals surface area contributed by atoms with Crippen LogP contribution in [0.5, 0.6) is 0 Å². The van der Waals surface area contributed by atoms with Crippen LogP contribution in [0, 0.1) is 6.57 Å². The summed E-state index contributed by atoms with van der Waals surface area (Å²) in [6.07, 6.45) is 0. The van der Waals surface area contributed by atoms with Crippen molar-refractivity contribution in [2.45, 2.75) is 0 Å². The normalized spacial score (nSPS) is 10.3. The first kappa shape index (κ1) is 15.1. The minimum Gasteiger partial charge on any atom is -0.329 e. The van der Waals surface area contributed by atoms with Gasteiger partial charge in [0.1, 0.15) is 5.82 Å². The first-order chi connectivity index (χ1) is 11.1. The Bertz CT molecular complexity index is 878. The van der Waals surface area contributed by atoms with Crippen LogP contribution in [0.3, 0.4) is 0 Å². The molecule has 0 radical (unpaired) electrons. The predicted octanol–water partition coefficient (Wildman–Crippen LogP) is 5.06. The first-order valence-electron chi connectivity index (χ1n) is 7.10. The highest BCUT2D eigenvalue weighted by Crippen LogP contribution is 2.35. The minimum absolute atomic E-state index is 0.557. The number of benzene rings is 2. The Balaban J connectivity index is 2.03. The third-order valence-corrected chi connectivity index (χ3v) is 4.01. The fourth-order valence-corrected chi connectivity index (χ4v) is 2.72. The van der Waals surface area contributed by atoms with Crippen LogP contribution in [-0.4, -0.2) is 16.8 Å². The van der Waals surface area contributed by atoms with Gasteiger partial charge >= 0.3 is 0 Å². The molecule has 0 N–H and O–H groups in total. The molecule has 0 bridgehead atoms. The second kappa shape index (κ2) is 6.15. The Morgan fingerprint density at radius 1 is 1.13 bits per heavy atom. The molecule has 0 aliphatic carbocycles. The maximum atomic E-state index is 7.16. The van der Waals surface area contributed by atoms with Crippen LogP contribution >= 0.6 is 11.6 Å². The molecule has 23 heavy (non-hydrogen) atoms. The van der Waals surface area contributed by atoms with Crippen molar-refractivity contribution in [2.24, 2.45) is 7.05 Å². The summed E-state index contributed by atoms with van der Waals surface area (Å²) in [6.45, 7) is 7.16. The van der Waals surface area contributed by atoms with Crippen LogP contribution in [0.1, 0.15) is 0 Å². The molecular weight excluding hydrogens is 308 g/mol. The van der Waals surface area contributed by atoms with Crippen LogP contribution in [0.25, 0.3) is 16.1 Å². The van der Waals surface area contributed by atoms with Crippen LogP contribution in [0.2, 0.25) is 5.02 Å². The lowest BCUT2D eigenvalue weighted by molar-refractivity contribution is 0.763. The smallest absolute Gasteiger partial charge is 0.189 e. The Labute approximate surface area is 140 Å². The topological polar surface area (TPSA) is 25.4 Å². The third-order valence-electron chi connectivity index (χ3n) is 3.69. The number of aryl methyl sites for hydroxylation is 1. The van der Waals surface area contributed by atoms with Crippen molar-refractivity contribution in [3.63, 3.8) is 0 Å². The molecular formula is C18H15ClN4. The van der Waals surface area contributed by atoms with E-state index in [0.29, 0.717) is 10.7 Å². The largest absolute Gasteiger partial charge is 0.329 e. The molecule has 0 unspecified atom stereocenters. The summed E-state index contributed by atoms with van der Waals surface area (Å²) in [5.74, 6) is 0.896. The molecule has 0 aliphatic rings. The van der Waals surface area contributed by atoms with Gasteiger partial charge in [0.2, 0.25) is 0 Å². The highest BCUT2D eigenvalue weighted by molar-refractivity contribution is 6.33. The van der Waals surface area contributed by atoms with Gasteiger partial charge in [0.05, 0.1) is 23.0 Å². The zero-order valence-electron chi connectivity index (χ0n) is 12.9. The van der Waals surface area contributed by atoms with E-state index in [0.717, 1.165) is 22.8 Å². The van der Waals surface area contributed by atoms with Crippen molar-refractivity contribution in [3.05, 3.63) is 71.0 Å². The molecule has 0 atom stereocenters. The average Bonchev–Trinajstić information content (AvgIpc) is 2.97. The molecule has 114 valence electrons. The fourth-order valence-electron chi connectivity index (χ4n) is 2.47. The SMILES string of the molecule is [C-]#[N+]c1ccc(Cl)c(N(C)c2cc(-c3ccccc3)nn2C)c1. The lowest BCUT2D eigenvalue weighted by Crippen LogP contribution is -2.13. The number of anilines is 2. The molecule has 0 fully saturated rings. The summed E-state index contributed by atoms with van der Waals surface area (Å²) >= 11 is 6.30. The van der Waals surface area contributed by atoms with Gasteiger partial charge in [0.25, 0.3) is 0 Å². The summed E-state index contributed by atoms with van der Waals surface area (Å²) in [4.78, 5) is 5.41. The van der Waals surface area contributed by atoms with E-state index in [1.807, 2.05) is 60.1 Å². The standard InChI is InChI=1S/C18H15ClN4/c1-20-14-9-10-15(19)17(11-14)22(2)18-12-16(21-23(18)3)13-7-5-4-6-8-13/h4-12H,2-3H3. The summed E-state index contributed by atoms with van der Waals surface area (Å²) in [5, 5.41) is 5.17. The van der Waals surface area contributed by atoms with Crippen LogP contribution in [-0.2, 0) is 7.05 Å². The van der Waals surface area contributed by atoms with Crippen molar-refractivity contribution in [3.8, 4) is 11.3 Å². The quantitative estimate of drug-likeness (QED) is 0.630. The van der Waals surface area contributed by atoms with Gasteiger partial charge in [0, 0.05) is 25.7 Å². The number of hydrogen-bond donors (Lipinski definition) is 0. The molecule has 1 aromatic heterocycles. The van der Waals surface area contributed by atoms with Gasteiger partial charge in [-0.2, -0.15) is 5.10 Å². The van der Waals surface area contributed by atoms with Crippen molar-refractivity contribution in [1.29, 1.82) is 0 Å². The molecule has 5 heteroatoms. The summed E-state index contributed by atoms with van der Waals surface area (Å²) in [7, 11) is 3.81. The Kier molecular flexibility index (Phi) is 4.05. The van der Waals surface area contributed by atoms with Crippen LogP contribution in [0.4, 0.5) is 17.2 Å². The Morgan fingerprint density at radius 2 is 1.87 bits per heavy atom. The van der Waals surface area contributed by atoms with E-state index < -0.39 is 0 Å². The lowest BCUT2D eigenvalue weighted by atomic mass is 10.1. The highest BCUT2D eigenvalue weighted by Gasteiger charge is 2.15. The number of halogens is 1. The maximum Gasteiger partial charge on any atom is 0.189 e. The zero-order valence-corrected chi connectivity index (χ0v) is 13.6. The van der Waals surface area contributed by atoms with Crippen molar-refractivity contribution in [2.75, 3.05) is 11.9 Å². The molecule has 1 heterocycles. The number of rotatable bonds is 3. The van der Waals surface area contributed by atoms with Crippen LogP contribution < -0.4 is 4.90 Å². The molecule has 2 aromatic carbocycles. The third kappa shape index (κ3) is 2.92. The molecule has 4 nitrogen and oxygen atoms in total. The van der Waals surface area contributed by atoms with Crippen molar-refractivity contribution >= 4 is 28.8 Å². The van der Waals surface area contributed by atoms with Crippen molar-refractivity contribution < 1.29 is 0 Å². The van der Waals surface area contributed by atoms with Gasteiger partial charge in [-0.1, -0.05) is 54.1 Å². The number of hydrogen-bond acceptors (Lipinski definition) is 2. The second-order valence-corrected chi connectivity index (χ2v) is 5.59. The highest BCUT2D eigenvalue weighted by atomic mass is 35.5.